The van der Waals surface area contributed by atoms with Gasteiger partial charge in [0.25, 0.3) is 0 Å². The van der Waals surface area contributed by atoms with Crippen molar-refractivity contribution < 1.29 is 14.3 Å². The molecule has 1 saturated carbocycles. The molecule has 1 aliphatic heterocycles. The van der Waals surface area contributed by atoms with E-state index in [0.29, 0.717) is 23.4 Å². The first-order chi connectivity index (χ1) is 13.6. The predicted molar refractivity (Wildman–Crippen MR) is 108 cm³/mol. The summed E-state index contributed by atoms with van der Waals surface area (Å²) in [7, 11) is 0. The number of rotatable bonds is 7. The molecule has 2 N–H and O–H groups in total. The van der Waals surface area contributed by atoms with Gasteiger partial charge in [0.15, 0.2) is 5.78 Å². The Hall–Kier alpha value is -2.24. The highest BCUT2D eigenvalue weighted by atomic mass is 19.1. The molecule has 0 radical (unpaired) electrons. The molecule has 0 spiro atoms. The van der Waals surface area contributed by atoms with Crippen LogP contribution in [-0.2, 0) is 0 Å². The lowest BCUT2D eigenvalue weighted by atomic mass is 9.96. The minimum Gasteiger partial charge on any atom is -0.388 e. The number of benzene rings is 2. The van der Waals surface area contributed by atoms with E-state index in [2.05, 4.69) is 10.2 Å². The molecule has 28 heavy (non-hydrogen) atoms. The number of nitrogens with zero attached hydrogens (tertiary/aromatic N) is 1. The Kier molecular flexibility index (Phi) is 5.74. The van der Waals surface area contributed by atoms with Crippen LogP contribution in [0.1, 0.15) is 41.1 Å². The third kappa shape index (κ3) is 4.42. The van der Waals surface area contributed by atoms with E-state index in [1.54, 1.807) is 24.3 Å². The van der Waals surface area contributed by atoms with Gasteiger partial charge in [0.1, 0.15) is 12.4 Å². The molecule has 2 aromatic rings. The summed E-state index contributed by atoms with van der Waals surface area (Å²) in [5.74, 6) is 0.799. The smallest absolute Gasteiger partial charge is 0.188 e. The van der Waals surface area contributed by atoms with Gasteiger partial charge in [-0.1, -0.05) is 12.1 Å². The van der Waals surface area contributed by atoms with Crippen molar-refractivity contribution >= 4 is 11.5 Å². The molecular weight excluding hydrogens is 355 g/mol. The van der Waals surface area contributed by atoms with Crippen molar-refractivity contribution in [2.75, 3.05) is 31.1 Å². The maximum Gasteiger partial charge on any atom is 0.188 e. The molecule has 0 bridgehead atoms. The quantitative estimate of drug-likeness (QED) is 0.721. The molecule has 2 aliphatic rings. The van der Waals surface area contributed by atoms with E-state index < -0.39 is 6.61 Å². The van der Waals surface area contributed by atoms with E-state index in [4.69, 9.17) is 5.11 Å². The number of Topliss-reactive ketones (excluding diaryl/α,β-unsaturated/α-hetero) is 1. The molecule has 5 heteroatoms. The van der Waals surface area contributed by atoms with Crippen molar-refractivity contribution in [1.82, 2.24) is 5.32 Å². The molecule has 1 saturated heterocycles. The van der Waals surface area contributed by atoms with E-state index in [9.17, 15) is 9.18 Å². The number of anilines is 1. The number of piperidine rings is 1. The van der Waals surface area contributed by atoms with Crippen LogP contribution in [0.4, 0.5) is 10.1 Å². The highest BCUT2D eigenvalue weighted by Crippen LogP contribution is 2.41. The van der Waals surface area contributed by atoms with Crippen LogP contribution in [0.3, 0.4) is 0 Å². The molecule has 0 amide bonds. The Morgan fingerprint density at radius 3 is 2.39 bits per heavy atom. The number of ketones is 1. The largest absolute Gasteiger partial charge is 0.388 e. The van der Waals surface area contributed by atoms with E-state index >= 15 is 0 Å². The molecule has 2 aromatic carbocycles. The fraction of sp³-hybridized carbons (Fsp3) is 0.435. The van der Waals surface area contributed by atoms with Crippen LogP contribution >= 0.6 is 0 Å². The average molecular weight is 382 g/mol. The van der Waals surface area contributed by atoms with Crippen LogP contribution in [0.5, 0.6) is 0 Å². The first kappa shape index (κ1) is 19.1. The predicted octanol–water partition coefficient (Wildman–Crippen LogP) is 3.36. The Morgan fingerprint density at radius 1 is 1.07 bits per heavy atom. The number of hydrogen-bond acceptors (Lipinski definition) is 4. The van der Waals surface area contributed by atoms with Crippen molar-refractivity contribution in [3.05, 3.63) is 65.5 Å². The molecule has 2 unspecified atom stereocenters. The maximum atomic E-state index is 13.0. The monoisotopic (exact) mass is 382 g/mol. The minimum absolute atomic E-state index is 0.171. The van der Waals surface area contributed by atoms with Gasteiger partial charge in [-0.15, -0.1) is 0 Å². The third-order valence-corrected chi connectivity index (χ3v) is 6.07. The van der Waals surface area contributed by atoms with Crippen molar-refractivity contribution in [3.8, 4) is 0 Å². The summed E-state index contributed by atoms with van der Waals surface area (Å²) in [4.78, 5) is 13.9. The lowest BCUT2D eigenvalue weighted by Crippen LogP contribution is -2.37. The fourth-order valence-corrected chi connectivity index (χ4v) is 4.16. The molecule has 0 aromatic heterocycles. The number of halogens is 1. The molecule has 148 valence electrons. The molecule has 1 aliphatic carbocycles. The Bertz CT molecular complexity index is 798. The second-order valence-corrected chi connectivity index (χ2v) is 7.97. The van der Waals surface area contributed by atoms with E-state index in [1.165, 1.54) is 5.56 Å². The Balaban J connectivity index is 1.21. The number of hydrogen-bond donors (Lipinski definition) is 2. The molecule has 2 fully saturated rings. The summed E-state index contributed by atoms with van der Waals surface area (Å²) in [5, 5.41) is 12.6. The topological polar surface area (TPSA) is 52.6 Å². The summed E-state index contributed by atoms with van der Waals surface area (Å²) in [6.45, 7) is 2.64. The van der Waals surface area contributed by atoms with Gasteiger partial charge in [-0.3, -0.25) is 4.79 Å². The zero-order chi connectivity index (χ0) is 19.5. The number of aliphatic hydroxyl groups excluding tert-OH is 1. The second kappa shape index (κ2) is 8.41. The van der Waals surface area contributed by atoms with Crippen molar-refractivity contribution in [1.29, 1.82) is 0 Å². The molecule has 4 rings (SSSR count). The Morgan fingerprint density at radius 2 is 1.75 bits per heavy atom. The van der Waals surface area contributed by atoms with Crippen LogP contribution in [0.25, 0.3) is 0 Å². The SMILES string of the molecule is O=C(CO)c1ccc(N2CCC(CNC3CC3c3ccc(F)cc3)CC2)cc1. The lowest BCUT2D eigenvalue weighted by molar-refractivity contribution is 0.0904. The maximum absolute atomic E-state index is 13.0. The summed E-state index contributed by atoms with van der Waals surface area (Å²) in [6.07, 6.45) is 3.44. The summed E-state index contributed by atoms with van der Waals surface area (Å²) in [5.41, 5.74) is 2.93. The molecule has 1 heterocycles. The van der Waals surface area contributed by atoms with Gasteiger partial charge in [-0.05, 0) is 73.7 Å². The highest BCUT2D eigenvalue weighted by molar-refractivity contribution is 5.97. The van der Waals surface area contributed by atoms with Gasteiger partial charge in [0.05, 0.1) is 0 Å². The third-order valence-electron chi connectivity index (χ3n) is 6.07. The number of aliphatic hydroxyl groups is 1. The second-order valence-electron chi connectivity index (χ2n) is 7.97. The zero-order valence-electron chi connectivity index (χ0n) is 16.0. The molecule has 2 atom stereocenters. The molecular formula is C23H27FN2O2. The van der Waals surface area contributed by atoms with Gasteiger partial charge in [-0.25, -0.2) is 4.39 Å². The van der Waals surface area contributed by atoms with Gasteiger partial charge < -0.3 is 15.3 Å². The lowest BCUT2D eigenvalue weighted by Gasteiger charge is -2.34. The van der Waals surface area contributed by atoms with Crippen LogP contribution < -0.4 is 10.2 Å². The molecule has 4 nitrogen and oxygen atoms in total. The van der Waals surface area contributed by atoms with E-state index in [0.717, 1.165) is 44.6 Å². The zero-order valence-corrected chi connectivity index (χ0v) is 16.0. The van der Waals surface area contributed by atoms with Gasteiger partial charge in [0.2, 0.25) is 0 Å². The summed E-state index contributed by atoms with van der Waals surface area (Å²) in [6, 6.07) is 15.0. The highest BCUT2D eigenvalue weighted by Gasteiger charge is 2.38. The first-order valence-electron chi connectivity index (χ1n) is 10.1. The van der Waals surface area contributed by atoms with Gasteiger partial charge >= 0.3 is 0 Å². The van der Waals surface area contributed by atoms with Crippen LogP contribution in [0.15, 0.2) is 48.5 Å². The number of nitrogens with one attached hydrogen (secondary N) is 1. The van der Waals surface area contributed by atoms with Crippen molar-refractivity contribution in [2.24, 2.45) is 5.92 Å². The standard InChI is InChI=1S/C23H27FN2O2/c24-19-5-1-17(2-6-19)21-13-22(21)25-14-16-9-11-26(12-10-16)20-7-3-18(4-8-20)23(28)15-27/h1-8,16,21-22,25,27H,9-15H2. The van der Waals surface area contributed by atoms with Crippen LogP contribution in [-0.4, -0.2) is 43.2 Å². The Labute approximate surface area is 165 Å². The van der Waals surface area contributed by atoms with Gasteiger partial charge in [-0.2, -0.15) is 0 Å². The van der Waals surface area contributed by atoms with Crippen molar-refractivity contribution in [3.63, 3.8) is 0 Å². The minimum atomic E-state index is -0.444. The normalized spacial score (nSPS) is 22.3. The summed E-state index contributed by atoms with van der Waals surface area (Å²) < 4.78 is 13.0. The van der Waals surface area contributed by atoms with Crippen LogP contribution in [0.2, 0.25) is 0 Å². The van der Waals surface area contributed by atoms with Gasteiger partial charge in [0, 0.05) is 36.3 Å². The van der Waals surface area contributed by atoms with E-state index in [-0.39, 0.29) is 11.6 Å². The van der Waals surface area contributed by atoms with E-state index in [1.807, 2.05) is 24.3 Å². The fourth-order valence-electron chi connectivity index (χ4n) is 4.16. The van der Waals surface area contributed by atoms with Crippen molar-refractivity contribution in [2.45, 2.75) is 31.2 Å². The number of carbonyl (C=O) groups is 1. The summed E-state index contributed by atoms with van der Waals surface area (Å²) >= 11 is 0. The first-order valence-corrected chi connectivity index (χ1v) is 10.1. The average Bonchev–Trinajstić information content (AvgIpc) is 3.52. The number of carbonyl (C=O) groups excluding carboxylic acids is 1. The van der Waals surface area contributed by atoms with Crippen LogP contribution in [0, 0.1) is 11.7 Å².